The molecule has 2 heterocycles. The third kappa shape index (κ3) is 3.72. The van der Waals surface area contributed by atoms with Gasteiger partial charge in [-0.15, -0.1) is 0 Å². The molecule has 0 fully saturated rings. The molecule has 0 saturated carbocycles. The van der Waals surface area contributed by atoms with E-state index in [0.29, 0.717) is 29.6 Å². The van der Waals surface area contributed by atoms with E-state index in [-0.39, 0.29) is 11.7 Å². The van der Waals surface area contributed by atoms with Gasteiger partial charge in [0.1, 0.15) is 11.5 Å². The Balaban J connectivity index is 1.40. The van der Waals surface area contributed by atoms with E-state index >= 15 is 0 Å². The molecule has 3 aromatic rings. The summed E-state index contributed by atoms with van der Waals surface area (Å²) < 4.78 is 13.0. The first kappa shape index (κ1) is 18.1. The van der Waals surface area contributed by atoms with E-state index in [1.54, 1.807) is 17.0 Å². The molecule has 1 aliphatic heterocycles. The number of anilines is 2. The maximum absolute atomic E-state index is 13.0. The van der Waals surface area contributed by atoms with Gasteiger partial charge in [-0.2, -0.15) is 0 Å². The first-order chi connectivity index (χ1) is 13.5. The second-order valence-corrected chi connectivity index (χ2v) is 7.56. The van der Waals surface area contributed by atoms with Crippen molar-refractivity contribution in [2.45, 2.75) is 20.0 Å². The summed E-state index contributed by atoms with van der Waals surface area (Å²) >= 11 is 1.28. The lowest BCUT2D eigenvalue weighted by Crippen LogP contribution is -2.24. The molecule has 0 bridgehead atoms. The second kappa shape index (κ2) is 7.40. The smallest absolute Gasteiger partial charge is 0.325 e. The summed E-state index contributed by atoms with van der Waals surface area (Å²) in [6.07, 6.45) is 0. The van der Waals surface area contributed by atoms with Gasteiger partial charge in [0.05, 0.1) is 11.4 Å². The molecule has 28 heavy (non-hydrogen) atoms. The van der Waals surface area contributed by atoms with Gasteiger partial charge in [-0.05, 0) is 36.2 Å². The zero-order chi connectivity index (χ0) is 19.7. The summed E-state index contributed by atoms with van der Waals surface area (Å²) in [7, 11) is 0. The van der Waals surface area contributed by atoms with Crippen molar-refractivity contribution in [3.05, 3.63) is 76.0 Å². The van der Waals surface area contributed by atoms with E-state index in [1.807, 2.05) is 31.2 Å². The van der Waals surface area contributed by atoms with Crippen molar-refractivity contribution in [2.75, 3.05) is 10.6 Å². The highest BCUT2D eigenvalue weighted by Crippen LogP contribution is 2.32. The minimum atomic E-state index is -0.405. The second-order valence-electron chi connectivity index (χ2n) is 6.47. The van der Waals surface area contributed by atoms with Crippen LogP contribution in [0.5, 0.6) is 0 Å². The summed E-state index contributed by atoms with van der Waals surface area (Å²) in [6.45, 7) is 2.71. The third-order valence-corrected chi connectivity index (χ3v) is 5.38. The fourth-order valence-electron chi connectivity index (χ4n) is 2.98. The van der Waals surface area contributed by atoms with Crippen LogP contribution in [0.15, 0.2) is 48.5 Å². The lowest BCUT2D eigenvalue weighted by Gasteiger charge is -2.15. The van der Waals surface area contributed by atoms with Crippen molar-refractivity contribution in [1.82, 2.24) is 9.88 Å². The topological polar surface area (TPSA) is 74.3 Å². The summed E-state index contributed by atoms with van der Waals surface area (Å²) in [4.78, 5) is 31.5. The van der Waals surface area contributed by atoms with Gasteiger partial charge in [-0.1, -0.05) is 41.7 Å². The predicted molar refractivity (Wildman–Crippen MR) is 106 cm³/mol. The van der Waals surface area contributed by atoms with Gasteiger partial charge in [0.2, 0.25) is 0 Å². The van der Waals surface area contributed by atoms with Crippen molar-refractivity contribution in [1.29, 1.82) is 0 Å². The number of nitrogens with zero attached hydrogens (tertiary/aromatic N) is 2. The van der Waals surface area contributed by atoms with Crippen LogP contribution in [0.25, 0.3) is 0 Å². The molecule has 0 radical (unpaired) electrons. The van der Waals surface area contributed by atoms with Gasteiger partial charge in [0.15, 0.2) is 5.13 Å². The molecule has 0 saturated heterocycles. The number of aromatic nitrogens is 1. The van der Waals surface area contributed by atoms with Gasteiger partial charge >= 0.3 is 6.03 Å². The quantitative estimate of drug-likeness (QED) is 0.687. The predicted octanol–water partition coefficient (Wildman–Crippen LogP) is 4.39. The van der Waals surface area contributed by atoms with Crippen LogP contribution in [0.2, 0.25) is 0 Å². The Kier molecular flexibility index (Phi) is 4.79. The minimum absolute atomic E-state index is 0.192. The van der Waals surface area contributed by atoms with Crippen LogP contribution >= 0.6 is 11.3 Å². The number of hydrogen-bond donors (Lipinski definition) is 2. The van der Waals surface area contributed by atoms with E-state index < -0.39 is 6.03 Å². The number of rotatable bonds is 4. The minimum Gasteiger partial charge on any atom is -0.328 e. The van der Waals surface area contributed by atoms with Gasteiger partial charge in [-0.25, -0.2) is 14.2 Å². The lowest BCUT2D eigenvalue weighted by atomic mass is 10.2. The fraction of sp³-hybridized carbons (Fsp3) is 0.150. The number of para-hydroxylation sites is 1. The summed E-state index contributed by atoms with van der Waals surface area (Å²) in [5.41, 5.74) is 2.87. The van der Waals surface area contributed by atoms with Crippen LogP contribution in [-0.4, -0.2) is 21.8 Å². The lowest BCUT2D eigenvalue weighted by molar-refractivity contribution is 0.0762. The number of benzene rings is 2. The zero-order valence-corrected chi connectivity index (χ0v) is 15.8. The van der Waals surface area contributed by atoms with E-state index in [9.17, 15) is 14.0 Å². The van der Waals surface area contributed by atoms with Crippen molar-refractivity contribution in [2.24, 2.45) is 0 Å². The van der Waals surface area contributed by atoms with Crippen LogP contribution in [0.1, 0.15) is 26.5 Å². The van der Waals surface area contributed by atoms with Crippen LogP contribution in [-0.2, 0) is 13.1 Å². The standard InChI is InChI=1S/C20H17FN4O2S/c1-12-4-2-3-5-15(12)22-19(27)24-20-23-17-16(28-20)11-25(18(17)26)10-13-6-8-14(21)9-7-13/h2-9H,10-11H2,1H3,(H2,22,23,24,27). The molecule has 3 amide bonds. The summed E-state index contributed by atoms with van der Waals surface area (Å²) in [5, 5.41) is 5.84. The Morgan fingerprint density at radius 3 is 2.64 bits per heavy atom. The number of urea groups is 1. The Bertz CT molecular complexity index is 1050. The van der Waals surface area contributed by atoms with E-state index in [0.717, 1.165) is 16.0 Å². The molecule has 4 rings (SSSR count). The molecule has 0 atom stereocenters. The first-order valence-electron chi connectivity index (χ1n) is 8.66. The molecule has 1 aliphatic rings. The highest BCUT2D eigenvalue weighted by molar-refractivity contribution is 7.16. The first-order valence-corrected chi connectivity index (χ1v) is 9.48. The van der Waals surface area contributed by atoms with Crippen molar-refractivity contribution in [3.8, 4) is 0 Å². The number of fused-ring (bicyclic) bond motifs is 1. The van der Waals surface area contributed by atoms with Crippen LogP contribution < -0.4 is 10.6 Å². The molecule has 2 aromatic carbocycles. The van der Waals surface area contributed by atoms with Crippen LogP contribution in [0.4, 0.5) is 20.0 Å². The Morgan fingerprint density at radius 2 is 1.93 bits per heavy atom. The largest absolute Gasteiger partial charge is 0.328 e. The SMILES string of the molecule is Cc1ccccc1NC(=O)Nc1nc2c(s1)CN(Cc1ccc(F)cc1)C2=O. The van der Waals surface area contributed by atoms with E-state index in [1.165, 1.54) is 23.5 Å². The third-order valence-electron chi connectivity index (χ3n) is 4.42. The van der Waals surface area contributed by atoms with E-state index in [4.69, 9.17) is 0 Å². The Labute approximate surface area is 165 Å². The molecule has 142 valence electrons. The van der Waals surface area contributed by atoms with Gasteiger partial charge < -0.3 is 10.2 Å². The number of nitrogens with one attached hydrogen (secondary N) is 2. The molecular formula is C20H17FN4O2S. The fourth-order valence-corrected chi connectivity index (χ4v) is 3.94. The van der Waals surface area contributed by atoms with Crippen LogP contribution in [0.3, 0.4) is 0 Å². The van der Waals surface area contributed by atoms with Crippen LogP contribution in [0, 0.1) is 12.7 Å². The normalized spacial score (nSPS) is 12.8. The highest BCUT2D eigenvalue weighted by atomic mass is 32.1. The Hall–Kier alpha value is -3.26. The molecule has 6 nitrogen and oxygen atoms in total. The molecule has 0 aliphatic carbocycles. The average molecular weight is 396 g/mol. The zero-order valence-electron chi connectivity index (χ0n) is 15.0. The van der Waals surface area contributed by atoms with Crippen molar-refractivity contribution < 1.29 is 14.0 Å². The van der Waals surface area contributed by atoms with Gasteiger partial charge in [-0.3, -0.25) is 10.1 Å². The molecule has 8 heteroatoms. The number of carbonyl (C=O) groups excluding carboxylic acids is 2. The number of carbonyl (C=O) groups is 2. The number of hydrogen-bond acceptors (Lipinski definition) is 4. The monoisotopic (exact) mass is 396 g/mol. The molecule has 1 aromatic heterocycles. The number of amides is 3. The van der Waals surface area contributed by atoms with Gasteiger partial charge in [0.25, 0.3) is 5.91 Å². The number of halogens is 1. The molecule has 2 N–H and O–H groups in total. The van der Waals surface area contributed by atoms with Crippen molar-refractivity contribution >= 4 is 34.1 Å². The maximum Gasteiger partial charge on any atom is 0.325 e. The van der Waals surface area contributed by atoms with Gasteiger partial charge in [0, 0.05) is 12.2 Å². The molecule has 0 spiro atoms. The summed E-state index contributed by atoms with van der Waals surface area (Å²) in [6, 6.07) is 13.1. The number of aryl methyl sites for hydroxylation is 1. The highest BCUT2D eigenvalue weighted by Gasteiger charge is 2.32. The Morgan fingerprint density at radius 1 is 1.18 bits per heavy atom. The molecule has 0 unspecified atom stereocenters. The maximum atomic E-state index is 13.0. The average Bonchev–Trinajstić information content (AvgIpc) is 3.18. The summed E-state index contributed by atoms with van der Waals surface area (Å²) in [5.74, 6) is -0.500. The number of thiazole rings is 1. The van der Waals surface area contributed by atoms with Crippen molar-refractivity contribution in [3.63, 3.8) is 0 Å². The van der Waals surface area contributed by atoms with E-state index in [2.05, 4.69) is 15.6 Å². The molecular weight excluding hydrogens is 379 g/mol.